The molecule has 0 heterocycles. The zero-order valence-corrected chi connectivity index (χ0v) is 23.2. The maximum Gasteiger partial charge on any atom is 0.196 e. The highest BCUT2D eigenvalue weighted by Crippen LogP contribution is 2.40. The SMILES string of the molecule is CCCCc1ccc(Nc2cccc3c2C(=O)c2cccc(Sc4ccc(C(C)(C)C)cc4)c2C3=O)cc1. The summed E-state index contributed by atoms with van der Waals surface area (Å²) < 4.78 is 0. The zero-order valence-electron chi connectivity index (χ0n) is 22.4. The number of benzene rings is 4. The van der Waals surface area contributed by atoms with Gasteiger partial charge in [0.2, 0.25) is 0 Å². The van der Waals surface area contributed by atoms with Crippen LogP contribution in [-0.4, -0.2) is 11.6 Å². The Labute approximate surface area is 229 Å². The summed E-state index contributed by atoms with van der Waals surface area (Å²) in [5, 5.41) is 3.39. The third kappa shape index (κ3) is 5.19. The summed E-state index contributed by atoms with van der Waals surface area (Å²) in [4.78, 5) is 29.4. The fourth-order valence-corrected chi connectivity index (χ4v) is 5.82. The highest BCUT2D eigenvalue weighted by Gasteiger charge is 2.33. The number of anilines is 2. The molecule has 0 saturated heterocycles. The van der Waals surface area contributed by atoms with Crippen LogP contribution >= 0.6 is 11.8 Å². The van der Waals surface area contributed by atoms with E-state index in [1.54, 1.807) is 12.1 Å². The van der Waals surface area contributed by atoms with E-state index >= 15 is 0 Å². The molecule has 5 rings (SSSR count). The Morgan fingerprint density at radius 3 is 2.03 bits per heavy atom. The molecule has 0 amide bonds. The Kier molecular flexibility index (Phi) is 7.27. The zero-order chi connectivity index (χ0) is 26.9. The lowest BCUT2D eigenvalue weighted by Gasteiger charge is -2.23. The third-order valence-electron chi connectivity index (χ3n) is 7.03. The van der Waals surface area contributed by atoms with Crippen molar-refractivity contribution >= 4 is 34.7 Å². The van der Waals surface area contributed by atoms with Crippen LogP contribution in [0.3, 0.4) is 0 Å². The van der Waals surface area contributed by atoms with Crippen LogP contribution in [0, 0.1) is 0 Å². The molecule has 4 aromatic carbocycles. The Hall–Kier alpha value is -3.63. The summed E-state index contributed by atoms with van der Waals surface area (Å²) in [6, 6.07) is 27.8. The molecule has 4 aromatic rings. The molecule has 0 fully saturated rings. The third-order valence-corrected chi connectivity index (χ3v) is 8.10. The Bertz CT molecular complexity index is 1500. The maximum atomic E-state index is 13.8. The monoisotopic (exact) mass is 519 g/mol. The number of ketones is 2. The number of carbonyl (C=O) groups is 2. The molecule has 38 heavy (non-hydrogen) atoms. The molecule has 3 nitrogen and oxygen atoms in total. The van der Waals surface area contributed by atoms with Gasteiger partial charge in [-0.1, -0.05) is 94.4 Å². The van der Waals surface area contributed by atoms with Crippen LogP contribution in [0.1, 0.15) is 83.5 Å². The Morgan fingerprint density at radius 2 is 1.37 bits per heavy atom. The molecule has 192 valence electrons. The van der Waals surface area contributed by atoms with Crippen molar-refractivity contribution in [2.75, 3.05) is 5.32 Å². The van der Waals surface area contributed by atoms with Gasteiger partial charge in [-0.25, -0.2) is 0 Å². The normalized spacial score (nSPS) is 12.7. The first kappa shape index (κ1) is 26.0. The fourth-order valence-electron chi connectivity index (χ4n) is 4.84. The number of hydrogen-bond donors (Lipinski definition) is 1. The van der Waals surface area contributed by atoms with Gasteiger partial charge in [-0.3, -0.25) is 9.59 Å². The molecule has 0 aromatic heterocycles. The molecule has 0 atom stereocenters. The average molecular weight is 520 g/mol. The number of carbonyl (C=O) groups excluding carboxylic acids is 2. The number of hydrogen-bond acceptors (Lipinski definition) is 4. The summed E-state index contributed by atoms with van der Waals surface area (Å²) >= 11 is 1.53. The van der Waals surface area contributed by atoms with Gasteiger partial charge in [-0.15, -0.1) is 0 Å². The molecule has 1 N–H and O–H groups in total. The summed E-state index contributed by atoms with van der Waals surface area (Å²) in [5.74, 6) is -0.231. The summed E-state index contributed by atoms with van der Waals surface area (Å²) in [5.41, 5.74) is 6.02. The molecule has 0 saturated carbocycles. The van der Waals surface area contributed by atoms with Crippen LogP contribution in [0.4, 0.5) is 11.4 Å². The van der Waals surface area contributed by atoms with E-state index in [1.165, 1.54) is 22.9 Å². The Balaban J connectivity index is 1.45. The van der Waals surface area contributed by atoms with Crippen LogP contribution < -0.4 is 5.32 Å². The molecule has 0 bridgehead atoms. The molecule has 0 aliphatic heterocycles. The van der Waals surface area contributed by atoms with Crippen molar-refractivity contribution in [3.63, 3.8) is 0 Å². The van der Waals surface area contributed by atoms with Crippen LogP contribution in [0.2, 0.25) is 0 Å². The van der Waals surface area contributed by atoms with E-state index < -0.39 is 0 Å². The molecule has 0 unspecified atom stereocenters. The standard InChI is InChI=1S/C34H33NO2S/c1-5-6-9-22-14-18-24(19-15-22)35-28-12-7-10-26-30(28)32(36)27-11-8-13-29(31(27)33(26)37)38-25-20-16-23(17-21-25)34(2,3)4/h7-8,10-21,35H,5-6,9H2,1-4H3. The molecule has 1 aliphatic rings. The van der Waals surface area contributed by atoms with Gasteiger partial charge in [0, 0.05) is 32.2 Å². The predicted molar refractivity (Wildman–Crippen MR) is 157 cm³/mol. The van der Waals surface area contributed by atoms with E-state index in [0.717, 1.165) is 34.7 Å². The van der Waals surface area contributed by atoms with Crippen molar-refractivity contribution < 1.29 is 9.59 Å². The molecular formula is C34H33NO2S. The lowest BCUT2D eigenvalue weighted by molar-refractivity contribution is 0.0977. The summed E-state index contributed by atoms with van der Waals surface area (Å²) in [6.45, 7) is 8.76. The van der Waals surface area contributed by atoms with Crippen molar-refractivity contribution in [1.29, 1.82) is 0 Å². The lowest BCUT2D eigenvalue weighted by atomic mass is 9.83. The molecule has 0 radical (unpaired) electrons. The number of unbranched alkanes of at least 4 members (excludes halogenated alkanes) is 1. The van der Waals surface area contributed by atoms with Gasteiger partial charge >= 0.3 is 0 Å². The first-order chi connectivity index (χ1) is 18.3. The summed E-state index contributed by atoms with van der Waals surface area (Å²) in [7, 11) is 0. The molecular weight excluding hydrogens is 486 g/mol. The van der Waals surface area contributed by atoms with Crippen LogP contribution in [0.15, 0.2) is 94.7 Å². The van der Waals surface area contributed by atoms with Gasteiger partial charge in [0.25, 0.3) is 0 Å². The van der Waals surface area contributed by atoms with Crippen LogP contribution in [-0.2, 0) is 11.8 Å². The number of aryl methyl sites for hydroxylation is 1. The molecule has 4 heteroatoms. The van der Waals surface area contributed by atoms with E-state index in [4.69, 9.17) is 0 Å². The maximum absolute atomic E-state index is 13.8. The van der Waals surface area contributed by atoms with Gasteiger partial charge < -0.3 is 5.32 Å². The minimum absolute atomic E-state index is 0.0735. The van der Waals surface area contributed by atoms with Crippen molar-refractivity contribution in [2.45, 2.75) is 62.2 Å². The fraction of sp³-hybridized carbons (Fsp3) is 0.235. The van der Waals surface area contributed by atoms with Gasteiger partial charge in [-0.05, 0) is 65.8 Å². The second-order valence-electron chi connectivity index (χ2n) is 10.9. The van der Waals surface area contributed by atoms with Crippen molar-refractivity contribution in [1.82, 2.24) is 0 Å². The number of rotatable bonds is 7. The minimum Gasteiger partial charge on any atom is -0.355 e. The van der Waals surface area contributed by atoms with Crippen molar-refractivity contribution in [2.24, 2.45) is 0 Å². The second-order valence-corrected chi connectivity index (χ2v) is 12.0. The number of fused-ring (bicyclic) bond motifs is 2. The summed E-state index contributed by atoms with van der Waals surface area (Å²) in [6.07, 6.45) is 3.39. The van der Waals surface area contributed by atoms with Crippen molar-refractivity contribution in [3.8, 4) is 0 Å². The largest absolute Gasteiger partial charge is 0.355 e. The van der Waals surface area contributed by atoms with E-state index in [2.05, 4.69) is 69.4 Å². The van der Waals surface area contributed by atoms with Crippen LogP contribution in [0.5, 0.6) is 0 Å². The predicted octanol–water partition coefficient (Wildman–Crippen LogP) is 9.00. The van der Waals surface area contributed by atoms with E-state index in [1.807, 2.05) is 36.4 Å². The smallest absolute Gasteiger partial charge is 0.196 e. The van der Waals surface area contributed by atoms with E-state index in [-0.39, 0.29) is 17.0 Å². The topological polar surface area (TPSA) is 46.2 Å². The first-order valence-electron chi connectivity index (χ1n) is 13.3. The van der Waals surface area contributed by atoms with Gasteiger partial charge in [0.05, 0.1) is 11.3 Å². The quantitative estimate of drug-likeness (QED) is 0.233. The van der Waals surface area contributed by atoms with Crippen molar-refractivity contribution in [3.05, 3.63) is 118 Å². The van der Waals surface area contributed by atoms with E-state index in [9.17, 15) is 9.59 Å². The average Bonchev–Trinajstić information content (AvgIpc) is 2.91. The first-order valence-corrected chi connectivity index (χ1v) is 14.1. The lowest BCUT2D eigenvalue weighted by Crippen LogP contribution is -2.23. The highest BCUT2D eigenvalue weighted by molar-refractivity contribution is 7.99. The number of nitrogens with one attached hydrogen (secondary N) is 1. The van der Waals surface area contributed by atoms with E-state index in [0.29, 0.717) is 27.9 Å². The van der Waals surface area contributed by atoms with Gasteiger partial charge in [0.1, 0.15) is 0 Å². The Morgan fingerprint density at radius 1 is 0.737 bits per heavy atom. The van der Waals surface area contributed by atoms with Gasteiger partial charge in [0.15, 0.2) is 11.6 Å². The minimum atomic E-state index is -0.122. The molecule has 0 spiro atoms. The second kappa shape index (κ2) is 10.6. The van der Waals surface area contributed by atoms with Gasteiger partial charge in [-0.2, -0.15) is 0 Å². The van der Waals surface area contributed by atoms with Crippen LogP contribution in [0.25, 0.3) is 0 Å². The molecule has 1 aliphatic carbocycles. The highest BCUT2D eigenvalue weighted by atomic mass is 32.2.